The van der Waals surface area contributed by atoms with Crippen molar-refractivity contribution in [3.05, 3.63) is 15.5 Å². The third-order valence-corrected chi connectivity index (χ3v) is 2.01. The van der Waals surface area contributed by atoms with Gasteiger partial charge in [0.05, 0.1) is 0 Å². The second-order valence-electron chi connectivity index (χ2n) is 1.28. The van der Waals surface area contributed by atoms with Crippen LogP contribution in [0.4, 0.5) is 0 Å². The van der Waals surface area contributed by atoms with Crippen LogP contribution < -0.4 is 0 Å². The van der Waals surface area contributed by atoms with Crippen LogP contribution in [0.3, 0.4) is 0 Å². The van der Waals surface area contributed by atoms with Gasteiger partial charge in [0.2, 0.25) is 0 Å². The molecule has 0 aromatic carbocycles. The number of hydrogen-bond donors (Lipinski definition) is 1. The van der Waals surface area contributed by atoms with Gasteiger partial charge in [-0.15, -0.1) is 11.3 Å². The Labute approximate surface area is 56.0 Å². The van der Waals surface area contributed by atoms with E-state index in [1.54, 1.807) is 10.8 Å². The maximum absolute atomic E-state index is 8.51. The summed E-state index contributed by atoms with van der Waals surface area (Å²) in [5.74, 6) is 0. The van der Waals surface area contributed by atoms with Gasteiger partial charge in [-0.1, -0.05) is 0 Å². The van der Waals surface area contributed by atoms with Crippen LogP contribution in [0.1, 0.15) is 0 Å². The molecule has 1 aromatic heterocycles. The molecular weight excluding hydrogens is 142 g/mol. The largest absolute Gasteiger partial charge is 0.376 e. The first-order valence-corrected chi connectivity index (χ1v) is 3.38. The molecule has 1 heterocycles. The summed E-state index contributed by atoms with van der Waals surface area (Å²) in [6, 6.07) is 0. The van der Waals surface area contributed by atoms with Crippen molar-refractivity contribution in [2.75, 3.05) is 0 Å². The lowest BCUT2D eigenvalue weighted by atomic mass is 10.9. The fourth-order valence-electron chi connectivity index (χ4n) is 0.396. The molecule has 0 aliphatic carbocycles. The van der Waals surface area contributed by atoms with Gasteiger partial charge in [0.1, 0.15) is 6.73 Å². The van der Waals surface area contributed by atoms with E-state index in [1.165, 1.54) is 11.3 Å². The average Bonchev–Trinajstić information content (AvgIpc) is 2.14. The highest BCUT2D eigenvalue weighted by molar-refractivity contribution is 7.73. The van der Waals surface area contributed by atoms with Crippen LogP contribution in [0.5, 0.6) is 0 Å². The third kappa shape index (κ3) is 0.964. The zero-order valence-corrected chi connectivity index (χ0v) is 5.71. The predicted molar refractivity (Wildman–Crippen MR) is 35.4 cm³/mol. The molecule has 44 valence electrons. The van der Waals surface area contributed by atoms with E-state index < -0.39 is 0 Å². The second-order valence-corrected chi connectivity index (χ2v) is 2.82. The molecule has 0 atom stereocenters. The first-order valence-electron chi connectivity index (χ1n) is 2.09. The van der Waals surface area contributed by atoms with Gasteiger partial charge in [0.15, 0.2) is 3.95 Å². The number of aliphatic hydroxyl groups is 1. The quantitative estimate of drug-likeness (QED) is 0.604. The van der Waals surface area contributed by atoms with Gasteiger partial charge in [-0.05, 0) is 12.2 Å². The molecule has 0 amide bonds. The van der Waals surface area contributed by atoms with Crippen molar-refractivity contribution < 1.29 is 5.11 Å². The Bertz CT molecular complexity index is 214. The van der Waals surface area contributed by atoms with Crippen LogP contribution in [-0.2, 0) is 6.73 Å². The zero-order valence-electron chi connectivity index (χ0n) is 4.07. The first-order chi connectivity index (χ1) is 3.84. The minimum atomic E-state index is -0.0116. The van der Waals surface area contributed by atoms with E-state index in [-0.39, 0.29) is 6.73 Å². The molecule has 0 saturated heterocycles. The van der Waals surface area contributed by atoms with E-state index in [4.69, 9.17) is 17.3 Å². The van der Waals surface area contributed by atoms with Crippen molar-refractivity contribution in [2.24, 2.45) is 0 Å². The lowest BCUT2D eigenvalue weighted by Crippen LogP contribution is -1.91. The van der Waals surface area contributed by atoms with E-state index in [0.717, 1.165) is 0 Å². The van der Waals surface area contributed by atoms with Gasteiger partial charge in [0.25, 0.3) is 0 Å². The Morgan fingerprint density at radius 3 is 2.88 bits per heavy atom. The van der Waals surface area contributed by atoms with Gasteiger partial charge in [-0.2, -0.15) is 0 Å². The zero-order chi connectivity index (χ0) is 5.98. The van der Waals surface area contributed by atoms with Gasteiger partial charge in [-0.25, -0.2) is 0 Å². The highest BCUT2D eigenvalue weighted by atomic mass is 32.1. The molecule has 0 radical (unpaired) electrons. The molecular formula is C4H5NOS2. The van der Waals surface area contributed by atoms with Crippen LogP contribution in [0.25, 0.3) is 0 Å². The number of aliphatic hydroxyl groups excluding tert-OH is 1. The van der Waals surface area contributed by atoms with Crippen molar-refractivity contribution in [3.63, 3.8) is 0 Å². The normalized spacial score (nSPS) is 9.62. The van der Waals surface area contributed by atoms with E-state index in [1.807, 2.05) is 5.38 Å². The van der Waals surface area contributed by atoms with Crippen LogP contribution in [0, 0.1) is 3.95 Å². The molecule has 0 aliphatic heterocycles. The summed E-state index contributed by atoms with van der Waals surface area (Å²) in [7, 11) is 0. The monoisotopic (exact) mass is 147 g/mol. The fourth-order valence-corrected chi connectivity index (χ4v) is 1.26. The Hall–Kier alpha value is -0.190. The van der Waals surface area contributed by atoms with Gasteiger partial charge < -0.3 is 9.67 Å². The van der Waals surface area contributed by atoms with Crippen LogP contribution in [-0.4, -0.2) is 9.67 Å². The smallest absolute Gasteiger partial charge is 0.162 e. The predicted octanol–water partition coefficient (Wildman–Crippen LogP) is 1.23. The van der Waals surface area contributed by atoms with Gasteiger partial charge in [-0.3, -0.25) is 0 Å². The summed E-state index contributed by atoms with van der Waals surface area (Å²) < 4.78 is 2.31. The lowest BCUT2D eigenvalue weighted by Gasteiger charge is -1.89. The Kier molecular flexibility index (Phi) is 1.77. The minimum absolute atomic E-state index is 0.0116. The third-order valence-electron chi connectivity index (χ3n) is 0.797. The molecule has 4 heteroatoms. The molecule has 0 unspecified atom stereocenters. The molecule has 1 rings (SSSR count). The molecule has 0 bridgehead atoms. The van der Waals surface area contributed by atoms with E-state index in [0.29, 0.717) is 3.95 Å². The molecule has 0 aliphatic rings. The van der Waals surface area contributed by atoms with E-state index >= 15 is 0 Å². The summed E-state index contributed by atoms with van der Waals surface area (Å²) in [6.45, 7) is -0.0116. The molecule has 2 nitrogen and oxygen atoms in total. The first kappa shape index (κ1) is 5.94. The fraction of sp³-hybridized carbons (Fsp3) is 0.250. The molecule has 8 heavy (non-hydrogen) atoms. The summed E-state index contributed by atoms with van der Waals surface area (Å²) in [6.07, 6.45) is 1.76. The lowest BCUT2D eigenvalue weighted by molar-refractivity contribution is 0.210. The number of hydrogen-bond acceptors (Lipinski definition) is 3. The Balaban J connectivity index is 3.11. The van der Waals surface area contributed by atoms with Crippen molar-refractivity contribution in [1.29, 1.82) is 0 Å². The van der Waals surface area contributed by atoms with Crippen LogP contribution in [0.2, 0.25) is 0 Å². The van der Waals surface area contributed by atoms with E-state index in [9.17, 15) is 0 Å². The minimum Gasteiger partial charge on any atom is -0.376 e. The molecule has 1 N–H and O–H groups in total. The maximum atomic E-state index is 8.51. The summed E-state index contributed by atoms with van der Waals surface area (Å²) in [5.41, 5.74) is 0. The Morgan fingerprint density at radius 1 is 1.88 bits per heavy atom. The number of thiazole rings is 1. The van der Waals surface area contributed by atoms with E-state index in [2.05, 4.69) is 0 Å². The summed E-state index contributed by atoms with van der Waals surface area (Å²) >= 11 is 6.25. The molecule has 1 aromatic rings. The maximum Gasteiger partial charge on any atom is 0.162 e. The Morgan fingerprint density at radius 2 is 2.62 bits per heavy atom. The van der Waals surface area contributed by atoms with Crippen molar-refractivity contribution in [1.82, 2.24) is 4.57 Å². The van der Waals surface area contributed by atoms with Crippen molar-refractivity contribution >= 4 is 23.6 Å². The average molecular weight is 147 g/mol. The highest BCUT2D eigenvalue weighted by Gasteiger charge is 1.85. The number of rotatable bonds is 1. The van der Waals surface area contributed by atoms with Crippen LogP contribution >= 0.6 is 23.6 Å². The van der Waals surface area contributed by atoms with Gasteiger partial charge in [0, 0.05) is 11.6 Å². The summed E-state index contributed by atoms with van der Waals surface area (Å²) in [5, 5.41) is 10.4. The van der Waals surface area contributed by atoms with Crippen molar-refractivity contribution in [3.8, 4) is 0 Å². The van der Waals surface area contributed by atoms with Crippen molar-refractivity contribution in [2.45, 2.75) is 6.73 Å². The van der Waals surface area contributed by atoms with Gasteiger partial charge >= 0.3 is 0 Å². The molecule has 0 spiro atoms. The number of nitrogens with zero attached hydrogens (tertiary/aromatic N) is 1. The standard InChI is InChI=1S/C4H5NOS2/c6-3-5-1-2-8-4(5)7/h1-2,6H,3H2. The topological polar surface area (TPSA) is 25.2 Å². The molecule has 0 saturated carbocycles. The van der Waals surface area contributed by atoms with Crippen LogP contribution in [0.15, 0.2) is 11.6 Å². The summed E-state index contributed by atoms with van der Waals surface area (Å²) in [4.78, 5) is 0. The highest BCUT2D eigenvalue weighted by Crippen LogP contribution is 2.00. The number of aromatic nitrogens is 1. The molecule has 0 fully saturated rings. The second kappa shape index (κ2) is 2.39. The SMILES string of the molecule is OCn1ccsc1=S.